The number of aromatic nitrogens is 2. The molecule has 0 N–H and O–H groups in total. The lowest BCUT2D eigenvalue weighted by atomic mass is 9.95. The standard InChI is InChI=1S/C21H22F4N4O/c1-11-12(2)19(21(24)25)27-17-10-29(9-15(11)17)18(30)5-13-7-28(8-13)14-3-4-26-16(6-14)20(22)23/h3-4,6,13,20-21H,5,7-10H2,1-2H3. The number of pyridine rings is 2. The van der Waals surface area contributed by atoms with Gasteiger partial charge >= 0.3 is 0 Å². The Morgan fingerprint density at radius 1 is 1.13 bits per heavy atom. The van der Waals surface area contributed by atoms with Crippen LogP contribution in [0.5, 0.6) is 0 Å². The lowest BCUT2D eigenvalue weighted by molar-refractivity contribution is -0.133. The molecule has 0 unspecified atom stereocenters. The molecular formula is C21H22F4N4O. The fourth-order valence-corrected chi connectivity index (χ4v) is 4.13. The van der Waals surface area contributed by atoms with Crippen LogP contribution in [0.2, 0.25) is 0 Å². The van der Waals surface area contributed by atoms with Crippen molar-refractivity contribution in [3.05, 3.63) is 52.1 Å². The van der Waals surface area contributed by atoms with E-state index in [1.54, 1.807) is 24.8 Å². The van der Waals surface area contributed by atoms with Gasteiger partial charge < -0.3 is 9.80 Å². The molecule has 0 aliphatic carbocycles. The first-order chi connectivity index (χ1) is 14.2. The summed E-state index contributed by atoms with van der Waals surface area (Å²) in [6.45, 7) is 5.26. The maximum Gasteiger partial charge on any atom is 0.280 e. The molecule has 0 spiro atoms. The molecule has 0 saturated carbocycles. The minimum absolute atomic E-state index is 0.0451. The van der Waals surface area contributed by atoms with Gasteiger partial charge in [0.2, 0.25) is 5.91 Å². The summed E-state index contributed by atoms with van der Waals surface area (Å²) in [6, 6.07) is 3.05. The zero-order valence-corrected chi connectivity index (χ0v) is 16.7. The van der Waals surface area contributed by atoms with Crippen molar-refractivity contribution in [3.63, 3.8) is 0 Å². The number of anilines is 1. The monoisotopic (exact) mass is 422 g/mol. The summed E-state index contributed by atoms with van der Waals surface area (Å²) in [5, 5.41) is 0. The second-order valence-corrected chi connectivity index (χ2v) is 7.94. The zero-order valence-electron chi connectivity index (χ0n) is 16.7. The molecule has 2 aliphatic heterocycles. The largest absolute Gasteiger partial charge is 0.371 e. The predicted molar refractivity (Wildman–Crippen MR) is 102 cm³/mol. The van der Waals surface area contributed by atoms with E-state index in [1.807, 2.05) is 4.90 Å². The van der Waals surface area contributed by atoms with E-state index < -0.39 is 12.9 Å². The predicted octanol–water partition coefficient (Wildman–Crippen LogP) is 4.34. The normalized spacial score (nSPS) is 16.4. The van der Waals surface area contributed by atoms with Gasteiger partial charge in [-0.2, -0.15) is 0 Å². The van der Waals surface area contributed by atoms with Gasteiger partial charge in [-0.3, -0.25) is 9.78 Å². The van der Waals surface area contributed by atoms with Gasteiger partial charge in [0.1, 0.15) is 11.4 Å². The van der Waals surface area contributed by atoms with Gasteiger partial charge in [-0.25, -0.2) is 22.5 Å². The highest BCUT2D eigenvalue weighted by Gasteiger charge is 2.34. The van der Waals surface area contributed by atoms with Crippen molar-refractivity contribution in [2.45, 2.75) is 46.2 Å². The molecule has 4 rings (SSSR count). The summed E-state index contributed by atoms with van der Waals surface area (Å²) in [4.78, 5) is 24.1. The second-order valence-electron chi connectivity index (χ2n) is 7.94. The Morgan fingerprint density at radius 3 is 2.53 bits per heavy atom. The molecule has 4 heterocycles. The molecule has 0 aromatic carbocycles. The van der Waals surface area contributed by atoms with Gasteiger partial charge in [0.15, 0.2) is 0 Å². The summed E-state index contributed by atoms with van der Waals surface area (Å²) in [5.74, 6) is 0.0769. The molecule has 1 saturated heterocycles. The van der Waals surface area contributed by atoms with Crippen LogP contribution in [0.4, 0.5) is 23.2 Å². The third kappa shape index (κ3) is 3.73. The lowest BCUT2D eigenvalue weighted by Gasteiger charge is -2.41. The van der Waals surface area contributed by atoms with E-state index in [0.717, 1.165) is 11.1 Å². The number of fused-ring (bicyclic) bond motifs is 1. The topological polar surface area (TPSA) is 49.3 Å². The van der Waals surface area contributed by atoms with Crippen LogP contribution in [0.15, 0.2) is 18.3 Å². The molecule has 160 valence electrons. The van der Waals surface area contributed by atoms with Crippen molar-refractivity contribution < 1.29 is 22.4 Å². The van der Waals surface area contributed by atoms with Crippen LogP contribution in [0.25, 0.3) is 0 Å². The van der Waals surface area contributed by atoms with E-state index in [9.17, 15) is 22.4 Å². The Hall–Kier alpha value is -2.71. The van der Waals surface area contributed by atoms with E-state index in [1.165, 1.54) is 12.3 Å². The Kier molecular flexibility index (Phi) is 5.38. The fourth-order valence-electron chi connectivity index (χ4n) is 4.13. The van der Waals surface area contributed by atoms with E-state index in [0.29, 0.717) is 43.0 Å². The SMILES string of the molecule is Cc1c(C(F)F)nc2c(c1C)CN(C(=O)CC1CN(c3ccnc(C(F)F)c3)C1)C2. The first-order valence-electron chi connectivity index (χ1n) is 9.78. The number of amides is 1. The zero-order chi connectivity index (χ0) is 21.6. The van der Waals surface area contributed by atoms with Gasteiger partial charge in [-0.1, -0.05) is 0 Å². The Labute approximate surface area is 171 Å². The van der Waals surface area contributed by atoms with Crippen molar-refractivity contribution in [1.82, 2.24) is 14.9 Å². The molecule has 0 radical (unpaired) electrons. The van der Waals surface area contributed by atoms with Crippen LogP contribution in [-0.2, 0) is 17.9 Å². The highest BCUT2D eigenvalue weighted by Crippen LogP contribution is 2.33. The summed E-state index contributed by atoms with van der Waals surface area (Å²) in [5.41, 5.74) is 2.86. The van der Waals surface area contributed by atoms with Crippen LogP contribution >= 0.6 is 0 Å². The van der Waals surface area contributed by atoms with Gasteiger partial charge in [0.05, 0.1) is 12.2 Å². The molecule has 2 aromatic rings. The summed E-state index contributed by atoms with van der Waals surface area (Å²) < 4.78 is 52.0. The van der Waals surface area contributed by atoms with Crippen molar-refractivity contribution in [2.75, 3.05) is 18.0 Å². The molecule has 0 atom stereocenters. The second kappa shape index (κ2) is 7.85. The first-order valence-corrected chi connectivity index (χ1v) is 9.78. The Bertz CT molecular complexity index is 976. The maximum atomic E-state index is 13.2. The summed E-state index contributed by atoms with van der Waals surface area (Å²) in [6.07, 6.45) is -3.57. The highest BCUT2D eigenvalue weighted by atomic mass is 19.3. The van der Waals surface area contributed by atoms with E-state index in [4.69, 9.17) is 0 Å². The molecule has 5 nitrogen and oxygen atoms in total. The Morgan fingerprint density at radius 2 is 1.87 bits per heavy atom. The maximum absolute atomic E-state index is 13.2. The number of carbonyl (C=O) groups is 1. The molecule has 9 heteroatoms. The molecule has 1 fully saturated rings. The first kappa shape index (κ1) is 20.6. The fraction of sp³-hybridized carbons (Fsp3) is 0.476. The van der Waals surface area contributed by atoms with Crippen molar-refractivity contribution >= 4 is 11.6 Å². The summed E-state index contributed by atoms with van der Waals surface area (Å²) >= 11 is 0. The van der Waals surface area contributed by atoms with Gasteiger partial charge in [0, 0.05) is 43.9 Å². The molecule has 1 amide bonds. The third-order valence-electron chi connectivity index (χ3n) is 6.03. The molecule has 0 bridgehead atoms. The number of carbonyl (C=O) groups excluding carboxylic acids is 1. The quantitative estimate of drug-likeness (QED) is 0.673. The lowest BCUT2D eigenvalue weighted by Crippen LogP contribution is -2.48. The number of alkyl halides is 4. The van der Waals surface area contributed by atoms with Crippen LogP contribution in [0, 0.1) is 19.8 Å². The molecule has 30 heavy (non-hydrogen) atoms. The minimum atomic E-state index is -2.64. The van der Waals surface area contributed by atoms with E-state index in [-0.39, 0.29) is 29.8 Å². The smallest absolute Gasteiger partial charge is 0.280 e. The molecule has 2 aliphatic rings. The van der Waals surface area contributed by atoms with Gasteiger partial charge in [-0.05, 0) is 42.7 Å². The van der Waals surface area contributed by atoms with E-state index in [2.05, 4.69) is 9.97 Å². The third-order valence-corrected chi connectivity index (χ3v) is 6.03. The number of hydrogen-bond donors (Lipinski definition) is 0. The number of halogens is 4. The van der Waals surface area contributed by atoms with Crippen LogP contribution in [-0.4, -0.2) is 33.9 Å². The highest BCUT2D eigenvalue weighted by molar-refractivity contribution is 5.77. The molecule has 2 aromatic heterocycles. The van der Waals surface area contributed by atoms with Crippen LogP contribution < -0.4 is 4.90 Å². The number of nitrogens with zero attached hydrogens (tertiary/aromatic N) is 4. The van der Waals surface area contributed by atoms with E-state index >= 15 is 0 Å². The van der Waals surface area contributed by atoms with Crippen molar-refractivity contribution in [1.29, 1.82) is 0 Å². The molecular weight excluding hydrogens is 400 g/mol. The van der Waals surface area contributed by atoms with Crippen LogP contribution in [0.1, 0.15) is 53.0 Å². The summed E-state index contributed by atoms with van der Waals surface area (Å²) in [7, 11) is 0. The van der Waals surface area contributed by atoms with Crippen molar-refractivity contribution in [2.24, 2.45) is 5.92 Å². The van der Waals surface area contributed by atoms with Crippen LogP contribution in [0.3, 0.4) is 0 Å². The van der Waals surface area contributed by atoms with Crippen molar-refractivity contribution in [3.8, 4) is 0 Å². The average molecular weight is 422 g/mol. The number of rotatable bonds is 5. The van der Waals surface area contributed by atoms with Gasteiger partial charge in [0.25, 0.3) is 12.9 Å². The number of hydrogen-bond acceptors (Lipinski definition) is 4. The minimum Gasteiger partial charge on any atom is -0.371 e. The Balaban J connectivity index is 1.36. The average Bonchev–Trinajstić information content (AvgIpc) is 3.11. The van der Waals surface area contributed by atoms with Gasteiger partial charge in [-0.15, -0.1) is 0 Å².